The van der Waals surface area contributed by atoms with Crippen LogP contribution in [0.15, 0.2) is 40.1 Å². The van der Waals surface area contributed by atoms with Gasteiger partial charge in [-0.15, -0.1) is 0 Å². The fraction of sp³-hybridized carbons (Fsp3) is 0.435. The van der Waals surface area contributed by atoms with Crippen LogP contribution >= 0.6 is 0 Å². The maximum Gasteiger partial charge on any atom is 0.332 e. The number of imidazole rings is 2. The molecule has 9 heteroatoms. The molecule has 0 radical (unpaired) electrons. The predicted octanol–water partition coefficient (Wildman–Crippen LogP) is 1.15. The molecule has 0 N–H and O–H groups in total. The summed E-state index contributed by atoms with van der Waals surface area (Å²) in [4.78, 5) is 33.6. The summed E-state index contributed by atoms with van der Waals surface area (Å²) in [5.74, 6) is 0.687. The van der Waals surface area contributed by atoms with Crippen LogP contribution in [0.4, 0.5) is 0 Å². The Morgan fingerprint density at radius 3 is 2.53 bits per heavy atom. The lowest BCUT2D eigenvalue weighted by molar-refractivity contribution is 0.0364. The molecule has 0 unspecified atom stereocenters. The van der Waals surface area contributed by atoms with Crippen molar-refractivity contribution in [3.05, 3.63) is 68.1 Å². The predicted molar refractivity (Wildman–Crippen MR) is 122 cm³/mol. The largest absolute Gasteiger partial charge is 0.379 e. The number of ether oxygens (including phenoxy) is 1. The lowest BCUT2D eigenvalue weighted by Crippen LogP contribution is -2.39. The molecule has 1 fully saturated rings. The van der Waals surface area contributed by atoms with E-state index in [9.17, 15) is 9.59 Å². The minimum absolute atomic E-state index is 0.234. The van der Waals surface area contributed by atoms with Crippen LogP contribution in [0.5, 0.6) is 0 Å². The Morgan fingerprint density at radius 1 is 1.03 bits per heavy atom. The SMILES string of the molecule is Cc1ccccc1Cn1c(=O)c2c(nc3n(CCN4CCOCC4)c(C)cn23)n(C)c1=O. The Labute approximate surface area is 185 Å². The monoisotopic (exact) mass is 436 g/mol. The van der Waals surface area contributed by atoms with Gasteiger partial charge in [0.2, 0.25) is 5.78 Å². The zero-order chi connectivity index (χ0) is 22.4. The summed E-state index contributed by atoms with van der Waals surface area (Å²) in [6.07, 6.45) is 1.94. The van der Waals surface area contributed by atoms with Crippen molar-refractivity contribution in [1.82, 2.24) is 28.0 Å². The maximum atomic E-state index is 13.5. The summed E-state index contributed by atoms with van der Waals surface area (Å²) >= 11 is 0. The van der Waals surface area contributed by atoms with E-state index in [1.165, 1.54) is 9.13 Å². The molecule has 4 aromatic rings. The van der Waals surface area contributed by atoms with Gasteiger partial charge < -0.3 is 9.30 Å². The van der Waals surface area contributed by atoms with Gasteiger partial charge in [-0.3, -0.25) is 23.2 Å². The van der Waals surface area contributed by atoms with Crippen molar-refractivity contribution < 1.29 is 4.74 Å². The number of hydrogen-bond acceptors (Lipinski definition) is 5. The highest BCUT2D eigenvalue weighted by atomic mass is 16.5. The molecule has 1 aromatic carbocycles. The van der Waals surface area contributed by atoms with Crippen molar-refractivity contribution >= 4 is 16.9 Å². The summed E-state index contributed by atoms with van der Waals surface area (Å²) in [5, 5.41) is 0. The van der Waals surface area contributed by atoms with E-state index < -0.39 is 0 Å². The summed E-state index contributed by atoms with van der Waals surface area (Å²) in [6.45, 7) is 9.25. The van der Waals surface area contributed by atoms with E-state index in [0.29, 0.717) is 16.9 Å². The molecule has 0 aliphatic carbocycles. The second-order valence-corrected chi connectivity index (χ2v) is 8.49. The molecule has 0 amide bonds. The van der Waals surface area contributed by atoms with Crippen LogP contribution in [0.1, 0.15) is 16.8 Å². The third kappa shape index (κ3) is 3.37. The summed E-state index contributed by atoms with van der Waals surface area (Å²) < 4.78 is 12.2. The number of aryl methyl sites for hydroxylation is 3. The number of aromatic nitrogens is 5. The quantitative estimate of drug-likeness (QED) is 0.469. The van der Waals surface area contributed by atoms with Crippen LogP contribution in [0, 0.1) is 13.8 Å². The first kappa shape index (κ1) is 20.7. The minimum Gasteiger partial charge on any atom is -0.379 e. The third-order valence-corrected chi connectivity index (χ3v) is 6.47. The fourth-order valence-electron chi connectivity index (χ4n) is 4.49. The van der Waals surface area contributed by atoms with Crippen molar-refractivity contribution in [2.75, 3.05) is 32.8 Å². The number of nitrogens with zero attached hydrogens (tertiary/aromatic N) is 6. The molecule has 0 bridgehead atoms. The molecule has 0 spiro atoms. The Morgan fingerprint density at radius 2 is 1.78 bits per heavy atom. The van der Waals surface area contributed by atoms with Gasteiger partial charge in [-0.1, -0.05) is 24.3 Å². The molecular weight excluding hydrogens is 408 g/mol. The van der Waals surface area contributed by atoms with Crippen LogP contribution < -0.4 is 11.2 Å². The molecule has 168 valence electrons. The third-order valence-electron chi connectivity index (χ3n) is 6.47. The normalized spacial score (nSPS) is 15.2. The minimum atomic E-state index is -0.358. The van der Waals surface area contributed by atoms with Crippen LogP contribution in [0.2, 0.25) is 0 Å². The zero-order valence-corrected chi connectivity index (χ0v) is 18.7. The van der Waals surface area contributed by atoms with Crippen molar-refractivity contribution in [3.63, 3.8) is 0 Å². The van der Waals surface area contributed by atoms with Crippen molar-refractivity contribution in [1.29, 1.82) is 0 Å². The highest BCUT2D eigenvalue weighted by Crippen LogP contribution is 2.17. The van der Waals surface area contributed by atoms with Gasteiger partial charge in [0.25, 0.3) is 5.56 Å². The maximum absolute atomic E-state index is 13.5. The molecule has 32 heavy (non-hydrogen) atoms. The lowest BCUT2D eigenvalue weighted by atomic mass is 10.1. The Balaban J connectivity index is 1.60. The highest BCUT2D eigenvalue weighted by Gasteiger charge is 2.21. The summed E-state index contributed by atoms with van der Waals surface area (Å²) in [5.41, 5.74) is 3.20. The highest BCUT2D eigenvalue weighted by molar-refractivity contribution is 5.75. The van der Waals surface area contributed by atoms with Gasteiger partial charge in [-0.25, -0.2) is 4.79 Å². The van der Waals surface area contributed by atoms with E-state index in [0.717, 1.165) is 56.2 Å². The molecule has 0 saturated carbocycles. The van der Waals surface area contributed by atoms with E-state index in [2.05, 4.69) is 9.47 Å². The first-order valence-corrected chi connectivity index (χ1v) is 11.0. The number of rotatable bonds is 5. The smallest absolute Gasteiger partial charge is 0.332 e. The molecule has 9 nitrogen and oxygen atoms in total. The van der Waals surface area contributed by atoms with Gasteiger partial charge in [-0.05, 0) is 25.0 Å². The van der Waals surface area contributed by atoms with Crippen LogP contribution in [-0.2, 0) is 24.9 Å². The van der Waals surface area contributed by atoms with E-state index in [1.807, 2.05) is 48.7 Å². The Kier molecular flexibility index (Phi) is 5.22. The summed E-state index contributed by atoms with van der Waals surface area (Å²) in [6, 6.07) is 7.80. The average molecular weight is 437 g/mol. The van der Waals surface area contributed by atoms with Crippen molar-refractivity contribution in [2.24, 2.45) is 7.05 Å². The topological polar surface area (TPSA) is 78.7 Å². The van der Waals surface area contributed by atoms with Crippen LogP contribution in [0.25, 0.3) is 16.9 Å². The molecule has 4 heterocycles. The van der Waals surface area contributed by atoms with Crippen molar-refractivity contribution in [3.8, 4) is 0 Å². The number of fused-ring (bicyclic) bond motifs is 3. The van der Waals surface area contributed by atoms with Gasteiger partial charge in [0.05, 0.1) is 19.8 Å². The van der Waals surface area contributed by atoms with E-state index in [1.54, 1.807) is 7.05 Å². The number of benzene rings is 1. The molecule has 1 saturated heterocycles. The molecule has 1 aliphatic rings. The Hall–Kier alpha value is -3.17. The molecule has 0 atom stereocenters. The zero-order valence-electron chi connectivity index (χ0n) is 18.7. The Bertz CT molecular complexity index is 1420. The van der Waals surface area contributed by atoms with E-state index in [-0.39, 0.29) is 17.8 Å². The van der Waals surface area contributed by atoms with Crippen LogP contribution in [0.3, 0.4) is 0 Å². The second-order valence-electron chi connectivity index (χ2n) is 8.49. The van der Waals surface area contributed by atoms with Gasteiger partial charge >= 0.3 is 5.69 Å². The van der Waals surface area contributed by atoms with Gasteiger partial charge in [0.15, 0.2) is 11.2 Å². The van der Waals surface area contributed by atoms with Gasteiger partial charge in [0.1, 0.15) is 0 Å². The van der Waals surface area contributed by atoms with Crippen LogP contribution in [-0.4, -0.2) is 60.8 Å². The standard InChI is InChI=1S/C23H28N6O3/c1-16-6-4-5-7-18(16)15-29-21(30)19-20(25(3)23(29)31)24-22-27(17(2)14-28(19)22)9-8-26-10-12-32-13-11-26/h4-7,14H,8-13,15H2,1-3H3. The molecule has 3 aromatic heterocycles. The van der Waals surface area contributed by atoms with Gasteiger partial charge in [-0.2, -0.15) is 4.98 Å². The average Bonchev–Trinajstić information content (AvgIpc) is 3.30. The second kappa shape index (κ2) is 8.07. The molecular formula is C23H28N6O3. The molecule has 5 rings (SSSR count). The lowest BCUT2D eigenvalue weighted by Gasteiger charge is -2.26. The summed E-state index contributed by atoms with van der Waals surface area (Å²) in [7, 11) is 1.68. The van der Waals surface area contributed by atoms with Crippen molar-refractivity contribution in [2.45, 2.75) is 26.9 Å². The van der Waals surface area contributed by atoms with E-state index in [4.69, 9.17) is 9.72 Å². The number of morpholine rings is 1. The molecule has 1 aliphatic heterocycles. The first-order chi connectivity index (χ1) is 15.5. The van der Waals surface area contributed by atoms with Gasteiger partial charge in [0, 0.05) is 45.1 Å². The van der Waals surface area contributed by atoms with E-state index >= 15 is 0 Å². The first-order valence-electron chi connectivity index (χ1n) is 11.0. The fourth-order valence-corrected chi connectivity index (χ4v) is 4.49. The number of hydrogen-bond donors (Lipinski definition) is 0.